The first-order valence-corrected chi connectivity index (χ1v) is 6.16. The SMILES string of the molecule is CC[C@H](C)/C(C)=N\Nc1cc(C(=O)O)ccc1Cl. The van der Waals surface area contributed by atoms with Crippen LogP contribution in [0.3, 0.4) is 0 Å². The highest BCUT2D eigenvalue weighted by Crippen LogP contribution is 2.23. The molecule has 1 aromatic carbocycles. The third kappa shape index (κ3) is 3.74. The van der Waals surface area contributed by atoms with Crippen LogP contribution in [0.5, 0.6) is 0 Å². The van der Waals surface area contributed by atoms with Crippen LogP contribution in [0.4, 0.5) is 5.69 Å². The van der Waals surface area contributed by atoms with Gasteiger partial charge in [-0.3, -0.25) is 5.43 Å². The van der Waals surface area contributed by atoms with Crippen LogP contribution >= 0.6 is 11.6 Å². The Morgan fingerprint density at radius 2 is 2.22 bits per heavy atom. The summed E-state index contributed by atoms with van der Waals surface area (Å²) in [6.45, 7) is 6.09. The number of hydrogen-bond donors (Lipinski definition) is 2. The van der Waals surface area contributed by atoms with Crippen molar-refractivity contribution in [1.82, 2.24) is 0 Å². The van der Waals surface area contributed by atoms with Gasteiger partial charge in [0.1, 0.15) is 0 Å². The van der Waals surface area contributed by atoms with E-state index >= 15 is 0 Å². The normalized spacial score (nSPS) is 13.2. The van der Waals surface area contributed by atoms with Crippen LogP contribution in [0, 0.1) is 5.92 Å². The predicted molar refractivity (Wildman–Crippen MR) is 74.6 cm³/mol. The van der Waals surface area contributed by atoms with Gasteiger partial charge < -0.3 is 5.11 Å². The Kier molecular flexibility index (Phi) is 5.16. The van der Waals surface area contributed by atoms with Gasteiger partial charge in [-0.25, -0.2) is 4.79 Å². The van der Waals surface area contributed by atoms with Gasteiger partial charge in [-0.05, 0) is 37.5 Å². The van der Waals surface area contributed by atoms with Crippen LogP contribution in [0.15, 0.2) is 23.3 Å². The number of hydrogen-bond acceptors (Lipinski definition) is 3. The standard InChI is InChI=1S/C13H17ClN2O2/c1-4-8(2)9(3)15-16-12-7-10(13(17)18)5-6-11(12)14/h5-8,16H,4H2,1-3H3,(H,17,18)/b15-9-/t8-/m0/s1. The van der Waals surface area contributed by atoms with Crippen molar-refractivity contribution in [3.63, 3.8) is 0 Å². The molecule has 0 aliphatic rings. The summed E-state index contributed by atoms with van der Waals surface area (Å²) >= 11 is 5.97. The van der Waals surface area contributed by atoms with Gasteiger partial charge in [0.25, 0.3) is 0 Å². The van der Waals surface area contributed by atoms with E-state index in [-0.39, 0.29) is 5.56 Å². The molecule has 0 amide bonds. The van der Waals surface area contributed by atoms with E-state index < -0.39 is 5.97 Å². The van der Waals surface area contributed by atoms with Gasteiger partial charge in [0, 0.05) is 5.71 Å². The number of carboxylic acid groups (broad SMARTS) is 1. The van der Waals surface area contributed by atoms with E-state index in [1.165, 1.54) is 12.1 Å². The zero-order valence-electron chi connectivity index (χ0n) is 10.7. The molecule has 1 atom stereocenters. The molecule has 5 heteroatoms. The summed E-state index contributed by atoms with van der Waals surface area (Å²) in [5.74, 6) is -0.615. The zero-order chi connectivity index (χ0) is 13.7. The molecule has 0 aromatic heterocycles. The monoisotopic (exact) mass is 268 g/mol. The minimum absolute atomic E-state index is 0.179. The van der Waals surface area contributed by atoms with Crippen molar-refractivity contribution in [3.05, 3.63) is 28.8 Å². The average molecular weight is 269 g/mol. The van der Waals surface area contributed by atoms with Crippen molar-refractivity contribution in [1.29, 1.82) is 0 Å². The predicted octanol–water partition coefficient (Wildman–Crippen LogP) is 3.87. The number of nitrogens with one attached hydrogen (secondary N) is 1. The molecule has 1 aromatic rings. The average Bonchev–Trinajstić information content (AvgIpc) is 2.36. The fourth-order valence-corrected chi connectivity index (χ4v) is 1.46. The first kappa shape index (κ1) is 14.5. The van der Waals surface area contributed by atoms with E-state index in [1.807, 2.05) is 6.92 Å². The van der Waals surface area contributed by atoms with Gasteiger partial charge in [-0.1, -0.05) is 25.4 Å². The Balaban J connectivity index is 2.90. The van der Waals surface area contributed by atoms with Crippen LogP contribution in [0.25, 0.3) is 0 Å². The first-order chi connectivity index (χ1) is 8.45. The van der Waals surface area contributed by atoms with Crippen molar-refractivity contribution < 1.29 is 9.90 Å². The highest BCUT2D eigenvalue weighted by molar-refractivity contribution is 6.33. The summed E-state index contributed by atoms with van der Waals surface area (Å²) < 4.78 is 0. The van der Waals surface area contributed by atoms with E-state index in [2.05, 4.69) is 24.4 Å². The highest BCUT2D eigenvalue weighted by atomic mass is 35.5. The molecular weight excluding hydrogens is 252 g/mol. The van der Waals surface area contributed by atoms with Crippen molar-refractivity contribution in [3.8, 4) is 0 Å². The van der Waals surface area contributed by atoms with Crippen molar-refractivity contribution in [2.45, 2.75) is 27.2 Å². The summed E-state index contributed by atoms with van der Waals surface area (Å²) in [5.41, 5.74) is 4.45. The lowest BCUT2D eigenvalue weighted by Gasteiger charge is -2.10. The number of carboxylic acids is 1. The summed E-state index contributed by atoms with van der Waals surface area (Å²) in [5, 5.41) is 13.6. The molecular formula is C13H17ClN2O2. The smallest absolute Gasteiger partial charge is 0.335 e. The summed E-state index contributed by atoms with van der Waals surface area (Å²) in [6.07, 6.45) is 1.000. The highest BCUT2D eigenvalue weighted by Gasteiger charge is 2.07. The van der Waals surface area contributed by atoms with Gasteiger partial charge in [0.2, 0.25) is 0 Å². The first-order valence-electron chi connectivity index (χ1n) is 5.78. The second-order valence-electron chi connectivity index (χ2n) is 4.17. The third-order valence-electron chi connectivity index (χ3n) is 2.89. The molecule has 0 saturated heterocycles. The Labute approximate surface area is 112 Å². The van der Waals surface area contributed by atoms with E-state index in [9.17, 15) is 4.79 Å². The largest absolute Gasteiger partial charge is 0.478 e. The molecule has 0 spiro atoms. The topological polar surface area (TPSA) is 61.7 Å². The van der Waals surface area contributed by atoms with E-state index in [0.717, 1.165) is 12.1 Å². The Bertz CT molecular complexity index is 472. The van der Waals surface area contributed by atoms with Crippen molar-refractivity contribution >= 4 is 29.0 Å². The third-order valence-corrected chi connectivity index (χ3v) is 3.22. The van der Waals surface area contributed by atoms with Gasteiger partial charge in [0.15, 0.2) is 0 Å². The number of anilines is 1. The molecule has 0 aliphatic heterocycles. The number of halogens is 1. The van der Waals surface area contributed by atoms with Crippen LogP contribution < -0.4 is 5.43 Å². The molecule has 0 fully saturated rings. The zero-order valence-corrected chi connectivity index (χ0v) is 11.5. The molecule has 98 valence electrons. The van der Waals surface area contributed by atoms with E-state index in [1.54, 1.807) is 6.07 Å². The molecule has 2 N–H and O–H groups in total. The molecule has 0 unspecified atom stereocenters. The number of rotatable bonds is 5. The van der Waals surface area contributed by atoms with Gasteiger partial charge in [-0.2, -0.15) is 5.10 Å². The molecule has 0 heterocycles. The number of hydrazone groups is 1. The Morgan fingerprint density at radius 1 is 1.56 bits per heavy atom. The maximum atomic E-state index is 10.9. The summed E-state index contributed by atoms with van der Waals surface area (Å²) in [6, 6.07) is 4.47. The molecule has 18 heavy (non-hydrogen) atoms. The van der Waals surface area contributed by atoms with Gasteiger partial charge >= 0.3 is 5.97 Å². The fourth-order valence-electron chi connectivity index (χ4n) is 1.30. The summed E-state index contributed by atoms with van der Waals surface area (Å²) in [4.78, 5) is 10.9. The molecule has 0 aliphatic carbocycles. The maximum absolute atomic E-state index is 10.9. The molecule has 1 rings (SSSR count). The number of aromatic carboxylic acids is 1. The van der Waals surface area contributed by atoms with Gasteiger partial charge in [0.05, 0.1) is 16.3 Å². The fraction of sp³-hybridized carbons (Fsp3) is 0.385. The van der Waals surface area contributed by atoms with Crippen LogP contribution in [0.2, 0.25) is 5.02 Å². The quantitative estimate of drug-likeness (QED) is 0.629. The van der Waals surface area contributed by atoms with Crippen LogP contribution in [-0.2, 0) is 0 Å². The molecule has 0 radical (unpaired) electrons. The molecule has 4 nitrogen and oxygen atoms in total. The van der Waals surface area contributed by atoms with Crippen LogP contribution in [0.1, 0.15) is 37.6 Å². The molecule has 0 saturated carbocycles. The van der Waals surface area contributed by atoms with E-state index in [4.69, 9.17) is 16.7 Å². The number of benzene rings is 1. The minimum atomic E-state index is -0.989. The number of carbonyl (C=O) groups is 1. The number of nitrogens with zero attached hydrogens (tertiary/aromatic N) is 1. The Morgan fingerprint density at radius 3 is 2.78 bits per heavy atom. The second-order valence-corrected chi connectivity index (χ2v) is 4.58. The van der Waals surface area contributed by atoms with Crippen molar-refractivity contribution in [2.75, 3.05) is 5.43 Å². The lowest BCUT2D eigenvalue weighted by molar-refractivity contribution is 0.0697. The Hall–Kier alpha value is -1.55. The minimum Gasteiger partial charge on any atom is -0.478 e. The lowest BCUT2D eigenvalue weighted by Crippen LogP contribution is -2.08. The van der Waals surface area contributed by atoms with Gasteiger partial charge in [-0.15, -0.1) is 0 Å². The molecule has 0 bridgehead atoms. The van der Waals surface area contributed by atoms with Crippen LogP contribution in [-0.4, -0.2) is 16.8 Å². The summed E-state index contributed by atoms with van der Waals surface area (Å²) in [7, 11) is 0. The maximum Gasteiger partial charge on any atom is 0.335 e. The lowest BCUT2D eigenvalue weighted by atomic mass is 10.1. The van der Waals surface area contributed by atoms with E-state index in [0.29, 0.717) is 16.6 Å². The second kappa shape index (κ2) is 6.40. The van der Waals surface area contributed by atoms with Crippen molar-refractivity contribution in [2.24, 2.45) is 11.0 Å².